The molecule has 0 aromatic carbocycles. The highest BCUT2D eigenvalue weighted by Crippen LogP contribution is 2.44. The molecule has 3 rings (SSSR count). The van der Waals surface area contributed by atoms with Crippen molar-refractivity contribution in [2.24, 2.45) is 22.7 Å². The lowest BCUT2D eigenvalue weighted by Crippen LogP contribution is -2.39. The van der Waals surface area contributed by atoms with Gasteiger partial charge in [0.1, 0.15) is 0 Å². The molecule has 0 radical (unpaired) electrons. The fourth-order valence-corrected chi connectivity index (χ4v) is 4.67. The van der Waals surface area contributed by atoms with E-state index in [4.69, 9.17) is 4.99 Å². The average molecular weight is 252 g/mol. The number of fused-ring (bicyclic) bond motifs is 2. The van der Waals surface area contributed by atoms with Crippen molar-refractivity contribution in [2.75, 3.05) is 5.75 Å². The van der Waals surface area contributed by atoms with Crippen LogP contribution in [0.5, 0.6) is 0 Å². The number of amidine groups is 1. The van der Waals surface area contributed by atoms with E-state index in [2.05, 4.69) is 19.2 Å². The lowest BCUT2D eigenvalue weighted by Gasteiger charge is -2.28. The average Bonchev–Trinajstić information content (AvgIpc) is 2.91. The van der Waals surface area contributed by atoms with Crippen molar-refractivity contribution in [3.05, 3.63) is 0 Å². The van der Waals surface area contributed by atoms with Crippen LogP contribution in [-0.4, -0.2) is 23.0 Å². The van der Waals surface area contributed by atoms with Crippen LogP contribution in [0, 0.1) is 17.8 Å². The summed E-state index contributed by atoms with van der Waals surface area (Å²) in [6.45, 7) is 4.58. The highest BCUT2D eigenvalue weighted by Gasteiger charge is 2.40. The van der Waals surface area contributed by atoms with Crippen LogP contribution >= 0.6 is 11.8 Å². The Morgan fingerprint density at radius 2 is 2.12 bits per heavy atom. The molecule has 96 valence electrons. The summed E-state index contributed by atoms with van der Waals surface area (Å²) in [6, 6.07) is 1.29. The van der Waals surface area contributed by atoms with E-state index in [0.717, 1.165) is 17.9 Å². The molecule has 2 aliphatic carbocycles. The van der Waals surface area contributed by atoms with Gasteiger partial charge in [-0.25, -0.2) is 0 Å². The molecule has 0 aromatic rings. The van der Waals surface area contributed by atoms with Gasteiger partial charge in [0.05, 0.1) is 6.04 Å². The Bertz CT molecular complexity index is 313. The standard InChI is InChI=1S/C14H24N2S/c1-9(2)12-5-6-17-14(15-12)16-13-8-10-3-4-11(13)7-10/h9-13H,3-8H2,1-2H3,(H,15,16). The Morgan fingerprint density at radius 3 is 2.76 bits per heavy atom. The van der Waals surface area contributed by atoms with Crippen molar-refractivity contribution in [1.29, 1.82) is 0 Å². The molecule has 0 saturated heterocycles. The van der Waals surface area contributed by atoms with Crippen LogP contribution < -0.4 is 5.32 Å². The van der Waals surface area contributed by atoms with Gasteiger partial charge in [0, 0.05) is 11.8 Å². The fraction of sp³-hybridized carbons (Fsp3) is 0.929. The molecular formula is C14H24N2S. The highest BCUT2D eigenvalue weighted by atomic mass is 32.2. The second-order valence-electron chi connectivity index (χ2n) is 6.31. The summed E-state index contributed by atoms with van der Waals surface area (Å²) < 4.78 is 0. The van der Waals surface area contributed by atoms with Crippen molar-refractivity contribution >= 4 is 16.9 Å². The molecule has 2 nitrogen and oxygen atoms in total. The quantitative estimate of drug-likeness (QED) is 0.815. The van der Waals surface area contributed by atoms with Gasteiger partial charge in [-0.15, -0.1) is 0 Å². The third-order valence-corrected chi connectivity index (χ3v) is 5.69. The van der Waals surface area contributed by atoms with E-state index in [-0.39, 0.29) is 0 Å². The van der Waals surface area contributed by atoms with Crippen LogP contribution in [0.2, 0.25) is 0 Å². The van der Waals surface area contributed by atoms with E-state index in [1.807, 2.05) is 11.8 Å². The second kappa shape index (κ2) is 4.83. The molecule has 17 heavy (non-hydrogen) atoms. The first kappa shape index (κ1) is 11.9. The van der Waals surface area contributed by atoms with Gasteiger partial charge in [0.2, 0.25) is 0 Å². The zero-order valence-corrected chi connectivity index (χ0v) is 11.8. The maximum absolute atomic E-state index is 4.90. The van der Waals surface area contributed by atoms with Gasteiger partial charge < -0.3 is 5.32 Å². The summed E-state index contributed by atoms with van der Waals surface area (Å²) >= 11 is 1.94. The first-order chi connectivity index (χ1) is 8.22. The van der Waals surface area contributed by atoms with E-state index in [1.54, 1.807) is 0 Å². The van der Waals surface area contributed by atoms with Crippen molar-refractivity contribution in [3.63, 3.8) is 0 Å². The van der Waals surface area contributed by atoms with E-state index < -0.39 is 0 Å². The molecule has 1 N–H and O–H groups in total. The third-order valence-electron chi connectivity index (χ3n) is 4.75. The normalized spacial score (nSPS) is 40.8. The Kier molecular flexibility index (Phi) is 3.38. The maximum atomic E-state index is 4.90. The fourth-order valence-electron chi connectivity index (χ4n) is 3.67. The molecule has 3 heteroatoms. The summed E-state index contributed by atoms with van der Waals surface area (Å²) in [7, 11) is 0. The van der Waals surface area contributed by atoms with Gasteiger partial charge in [0.25, 0.3) is 0 Å². The molecule has 0 amide bonds. The minimum Gasteiger partial charge on any atom is -0.362 e. The van der Waals surface area contributed by atoms with Crippen LogP contribution in [-0.2, 0) is 0 Å². The smallest absolute Gasteiger partial charge is 0.157 e. The third kappa shape index (κ3) is 2.49. The maximum Gasteiger partial charge on any atom is 0.157 e. The van der Waals surface area contributed by atoms with Crippen LogP contribution in [0.15, 0.2) is 4.99 Å². The summed E-state index contributed by atoms with van der Waals surface area (Å²) in [6.07, 6.45) is 7.06. The molecule has 4 atom stereocenters. The Labute approximate surface area is 109 Å². The summed E-state index contributed by atoms with van der Waals surface area (Å²) in [4.78, 5) is 4.90. The molecule has 0 aromatic heterocycles. The van der Waals surface area contributed by atoms with Gasteiger partial charge >= 0.3 is 0 Å². The number of rotatable bonds is 2. The summed E-state index contributed by atoms with van der Waals surface area (Å²) in [5.41, 5.74) is 0. The number of nitrogens with one attached hydrogen (secondary N) is 1. The first-order valence-corrected chi connectivity index (χ1v) is 8.18. The Hall–Kier alpha value is -0.180. The van der Waals surface area contributed by atoms with Gasteiger partial charge in [-0.2, -0.15) is 0 Å². The molecule has 2 fully saturated rings. The van der Waals surface area contributed by atoms with E-state index in [1.165, 1.54) is 43.0 Å². The zero-order valence-electron chi connectivity index (χ0n) is 11.0. The first-order valence-electron chi connectivity index (χ1n) is 7.19. The van der Waals surface area contributed by atoms with Crippen molar-refractivity contribution in [2.45, 2.75) is 58.0 Å². The minimum atomic E-state index is 0.553. The van der Waals surface area contributed by atoms with Crippen molar-refractivity contribution < 1.29 is 0 Å². The SMILES string of the molecule is CC(C)C1CCSC(NC2CC3CCC2C3)=N1. The molecule has 2 saturated carbocycles. The summed E-state index contributed by atoms with van der Waals surface area (Å²) in [5, 5.41) is 4.99. The summed E-state index contributed by atoms with van der Waals surface area (Å²) in [5.74, 6) is 3.90. The van der Waals surface area contributed by atoms with Gasteiger partial charge in [-0.3, -0.25) is 4.99 Å². The largest absolute Gasteiger partial charge is 0.362 e. The molecular weight excluding hydrogens is 228 g/mol. The van der Waals surface area contributed by atoms with Crippen LogP contribution in [0.1, 0.15) is 46.0 Å². The molecule has 1 aliphatic heterocycles. The highest BCUT2D eigenvalue weighted by molar-refractivity contribution is 8.13. The topological polar surface area (TPSA) is 24.4 Å². The Balaban J connectivity index is 1.61. The molecule has 3 aliphatic rings. The van der Waals surface area contributed by atoms with Crippen molar-refractivity contribution in [1.82, 2.24) is 5.32 Å². The molecule has 1 heterocycles. The van der Waals surface area contributed by atoms with Gasteiger partial charge in [0.15, 0.2) is 5.17 Å². The number of aliphatic imine (C=N–C) groups is 1. The molecule has 0 spiro atoms. The number of nitrogens with zero attached hydrogens (tertiary/aromatic N) is 1. The van der Waals surface area contributed by atoms with Crippen molar-refractivity contribution in [3.8, 4) is 0 Å². The van der Waals surface area contributed by atoms with E-state index in [9.17, 15) is 0 Å². The molecule has 4 unspecified atom stereocenters. The van der Waals surface area contributed by atoms with Crippen LogP contribution in [0.4, 0.5) is 0 Å². The lowest BCUT2D eigenvalue weighted by molar-refractivity contribution is 0.389. The second-order valence-corrected chi connectivity index (χ2v) is 7.39. The predicted octanol–water partition coefficient (Wildman–Crippen LogP) is 3.28. The molecule has 2 bridgehead atoms. The monoisotopic (exact) mass is 252 g/mol. The predicted molar refractivity (Wildman–Crippen MR) is 75.5 cm³/mol. The lowest BCUT2D eigenvalue weighted by atomic mass is 9.96. The number of hydrogen-bond acceptors (Lipinski definition) is 3. The minimum absolute atomic E-state index is 0.553. The van der Waals surface area contributed by atoms with Gasteiger partial charge in [-0.05, 0) is 43.4 Å². The zero-order chi connectivity index (χ0) is 11.8. The van der Waals surface area contributed by atoms with Gasteiger partial charge in [-0.1, -0.05) is 32.0 Å². The van der Waals surface area contributed by atoms with E-state index >= 15 is 0 Å². The van der Waals surface area contributed by atoms with Crippen LogP contribution in [0.25, 0.3) is 0 Å². The van der Waals surface area contributed by atoms with Crippen LogP contribution in [0.3, 0.4) is 0 Å². The number of hydrogen-bond donors (Lipinski definition) is 1. The number of thioether (sulfide) groups is 1. The Morgan fingerprint density at radius 1 is 1.24 bits per heavy atom. The van der Waals surface area contributed by atoms with E-state index in [0.29, 0.717) is 12.0 Å².